The summed E-state index contributed by atoms with van der Waals surface area (Å²) in [4.78, 5) is 12.1. The second kappa shape index (κ2) is 5.83. The fourth-order valence-electron chi connectivity index (χ4n) is 2.51. The van der Waals surface area contributed by atoms with E-state index in [0.717, 1.165) is 11.1 Å². The molecule has 2 rings (SSSR count). The highest BCUT2D eigenvalue weighted by molar-refractivity contribution is 5.83. The van der Waals surface area contributed by atoms with Crippen LogP contribution in [0.25, 0.3) is 0 Å². The molecule has 2 aromatic carbocycles. The van der Waals surface area contributed by atoms with Gasteiger partial charge in [0.25, 0.3) is 0 Å². The highest BCUT2D eigenvalue weighted by atomic mass is 16.1. The maximum absolute atomic E-state index is 12.1. The van der Waals surface area contributed by atoms with E-state index in [1.54, 1.807) is 0 Å². The molecule has 0 bridgehead atoms. The van der Waals surface area contributed by atoms with Crippen molar-refractivity contribution in [1.29, 1.82) is 0 Å². The van der Waals surface area contributed by atoms with Crippen molar-refractivity contribution < 1.29 is 4.79 Å². The predicted molar refractivity (Wildman–Crippen MR) is 79.5 cm³/mol. The normalized spacial score (nSPS) is 10.5. The minimum Gasteiger partial charge on any atom is -0.299 e. The predicted octanol–water partition coefficient (Wildman–Crippen LogP) is 3.97. The summed E-state index contributed by atoms with van der Waals surface area (Å²) in [5.41, 5.74) is 5.87. The number of benzene rings is 2. The first-order valence-corrected chi connectivity index (χ1v) is 6.67. The molecule has 0 N–H and O–H groups in total. The maximum Gasteiger partial charge on any atom is 0.141 e. The molecule has 0 fully saturated rings. The Morgan fingerprint density at radius 2 is 1.37 bits per heavy atom. The van der Waals surface area contributed by atoms with Gasteiger partial charge < -0.3 is 0 Å². The highest BCUT2D eigenvalue weighted by Crippen LogP contribution is 2.12. The molecular formula is C18H20O. The molecule has 0 aliphatic rings. The van der Waals surface area contributed by atoms with Crippen LogP contribution >= 0.6 is 0 Å². The van der Waals surface area contributed by atoms with Crippen LogP contribution in [-0.4, -0.2) is 5.78 Å². The van der Waals surface area contributed by atoms with E-state index in [1.807, 2.05) is 12.1 Å². The van der Waals surface area contributed by atoms with Crippen molar-refractivity contribution in [3.05, 3.63) is 70.3 Å². The highest BCUT2D eigenvalue weighted by Gasteiger charge is 2.06. The van der Waals surface area contributed by atoms with Crippen molar-refractivity contribution in [2.75, 3.05) is 0 Å². The molecule has 0 saturated heterocycles. The summed E-state index contributed by atoms with van der Waals surface area (Å²) in [6, 6.07) is 14.5. The summed E-state index contributed by atoms with van der Waals surface area (Å²) in [5.74, 6) is 0.274. The Labute approximate surface area is 115 Å². The SMILES string of the molecule is Cc1cccc(CC(=O)Cc2cc(C)cc(C)c2)c1. The van der Waals surface area contributed by atoms with Crippen LogP contribution in [0.4, 0.5) is 0 Å². The summed E-state index contributed by atoms with van der Waals surface area (Å²) in [6.45, 7) is 6.20. The molecule has 0 saturated carbocycles. The van der Waals surface area contributed by atoms with Gasteiger partial charge in [-0.25, -0.2) is 0 Å². The van der Waals surface area contributed by atoms with E-state index in [2.05, 4.69) is 51.1 Å². The van der Waals surface area contributed by atoms with Crippen molar-refractivity contribution in [1.82, 2.24) is 0 Å². The fourth-order valence-corrected chi connectivity index (χ4v) is 2.51. The Morgan fingerprint density at radius 1 is 0.789 bits per heavy atom. The van der Waals surface area contributed by atoms with E-state index in [4.69, 9.17) is 0 Å². The number of ketones is 1. The first-order valence-electron chi connectivity index (χ1n) is 6.67. The molecule has 0 atom stereocenters. The first kappa shape index (κ1) is 13.5. The lowest BCUT2D eigenvalue weighted by Gasteiger charge is -2.05. The van der Waals surface area contributed by atoms with Crippen molar-refractivity contribution in [3.63, 3.8) is 0 Å². The molecule has 2 aromatic rings. The molecule has 1 nitrogen and oxygen atoms in total. The van der Waals surface area contributed by atoms with Crippen LogP contribution in [0.3, 0.4) is 0 Å². The van der Waals surface area contributed by atoms with Gasteiger partial charge in [-0.2, -0.15) is 0 Å². The molecule has 1 heteroatoms. The number of carbonyl (C=O) groups excluding carboxylic acids is 1. The van der Waals surface area contributed by atoms with Gasteiger partial charge in [-0.05, 0) is 31.9 Å². The van der Waals surface area contributed by atoms with Gasteiger partial charge in [0.1, 0.15) is 5.78 Å². The van der Waals surface area contributed by atoms with Crippen molar-refractivity contribution in [2.24, 2.45) is 0 Å². The molecule has 0 radical (unpaired) electrons. The van der Waals surface area contributed by atoms with E-state index < -0.39 is 0 Å². The van der Waals surface area contributed by atoms with E-state index in [-0.39, 0.29) is 5.78 Å². The zero-order valence-corrected chi connectivity index (χ0v) is 11.9. The molecule has 19 heavy (non-hydrogen) atoms. The van der Waals surface area contributed by atoms with Gasteiger partial charge in [0, 0.05) is 12.8 Å². The molecule has 0 heterocycles. The average molecular weight is 252 g/mol. The summed E-state index contributed by atoms with van der Waals surface area (Å²) < 4.78 is 0. The van der Waals surface area contributed by atoms with Gasteiger partial charge in [-0.15, -0.1) is 0 Å². The van der Waals surface area contributed by atoms with Crippen LogP contribution in [0, 0.1) is 20.8 Å². The van der Waals surface area contributed by atoms with Gasteiger partial charge in [0.15, 0.2) is 0 Å². The topological polar surface area (TPSA) is 17.1 Å². The standard InChI is InChI=1S/C18H20O/c1-13-5-4-6-16(8-13)11-18(19)12-17-9-14(2)7-15(3)10-17/h4-10H,11-12H2,1-3H3. The lowest BCUT2D eigenvalue weighted by molar-refractivity contribution is -0.117. The van der Waals surface area contributed by atoms with Gasteiger partial charge >= 0.3 is 0 Å². The average Bonchev–Trinajstić information content (AvgIpc) is 2.26. The first-order chi connectivity index (χ1) is 9.02. The van der Waals surface area contributed by atoms with E-state index >= 15 is 0 Å². The summed E-state index contributed by atoms with van der Waals surface area (Å²) in [7, 11) is 0. The number of hydrogen-bond acceptors (Lipinski definition) is 1. The van der Waals surface area contributed by atoms with Gasteiger partial charge in [0.2, 0.25) is 0 Å². The molecule has 0 aliphatic heterocycles. The minimum absolute atomic E-state index is 0.274. The largest absolute Gasteiger partial charge is 0.299 e. The summed E-state index contributed by atoms with van der Waals surface area (Å²) >= 11 is 0. The van der Waals surface area contributed by atoms with Crippen LogP contribution < -0.4 is 0 Å². The van der Waals surface area contributed by atoms with Gasteiger partial charge in [-0.1, -0.05) is 59.2 Å². The second-order valence-corrected chi connectivity index (χ2v) is 5.38. The molecule has 98 valence electrons. The Balaban J connectivity index is 2.05. The Kier molecular flexibility index (Phi) is 4.16. The minimum atomic E-state index is 0.274. The lowest BCUT2D eigenvalue weighted by atomic mass is 9.99. The summed E-state index contributed by atoms with van der Waals surface area (Å²) in [5, 5.41) is 0. The van der Waals surface area contributed by atoms with Gasteiger partial charge in [-0.3, -0.25) is 4.79 Å². The maximum atomic E-state index is 12.1. The van der Waals surface area contributed by atoms with Crippen molar-refractivity contribution in [3.8, 4) is 0 Å². The van der Waals surface area contributed by atoms with Crippen molar-refractivity contribution >= 4 is 5.78 Å². The smallest absolute Gasteiger partial charge is 0.141 e. The molecule has 0 aliphatic carbocycles. The molecular weight excluding hydrogens is 232 g/mol. The monoisotopic (exact) mass is 252 g/mol. The molecule has 0 aromatic heterocycles. The third-order valence-corrected chi connectivity index (χ3v) is 3.17. The van der Waals surface area contributed by atoms with E-state index in [0.29, 0.717) is 12.8 Å². The zero-order chi connectivity index (χ0) is 13.8. The zero-order valence-electron chi connectivity index (χ0n) is 11.9. The van der Waals surface area contributed by atoms with Crippen LogP contribution in [-0.2, 0) is 17.6 Å². The Bertz CT molecular complexity index is 576. The Hall–Kier alpha value is -1.89. The number of aryl methyl sites for hydroxylation is 3. The third kappa shape index (κ3) is 4.06. The van der Waals surface area contributed by atoms with Crippen LogP contribution in [0.5, 0.6) is 0 Å². The quantitative estimate of drug-likeness (QED) is 0.804. The number of rotatable bonds is 4. The van der Waals surface area contributed by atoms with Crippen LogP contribution in [0.2, 0.25) is 0 Å². The van der Waals surface area contributed by atoms with Crippen LogP contribution in [0.1, 0.15) is 27.8 Å². The number of Topliss-reactive ketones (excluding diaryl/α,β-unsaturated/α-hetero) is 1. The third-order valence-electron chi connectivity index (χ3n) is 3.17. The molecule has 0 unspecified atom stereocenters. The second-order valence-electron chi connectivity index (χ2n) is 5.38. The van der Waals surface area contributed by atoms with Gasteiger partial charge in [0.05, 0.1) is 0 Å². The van der Waals surface area contributed by atoms with Crippen LogP contribution in [0.15, 0.2) is 42.5 Å². The molecule has 0 amide bonds. The summed E-state index contributed by atoms with van der Waals surface area (Å²) in [6.07, 6.45) is 1.05. The number of carbonyl (C=O) groups is 1. The lowest BCUT2D eigenvalue weighted by Crippen LogP contribution is -2.07. The van der Waals surface area contributed by atoms with Crippen molar-refractivity contribution in [2.45, 2.75) is 33.6 Å². The van der Waals surface area contributed by atoms with E-state index in [9.17, 15) is 4.79 Å². The molecule has 0 spiro atoms. The van der Waals surface area contributed by atoms with E-state index in [1.165, 1.54) is 16.7 Å². The number of hydrogen-bond donors (Lipinski definition) is 0. The fraction of sp³-hybridized carbons (Fsp3) is 0.278. The Morgan fingerprint density at radius 3 is 2.00 bits per heavy atom.